The molecule has 6 heteroatoms. The number of rotatable bonds is 3. The third-order valence-corrected chi connectivity index (χ3v) is 6.36. The van der Waals surface area contributed by atoms with Gasteiger partial charge in [0.05, 0.1) is 20.8 Å². The molecule has 0 saturated carbocycles. The van der Waals surface area contributed by atoms with Crippen LogP contribution in [-0.4, -0.2) is 29.6 Å². The molecular weight excluding hydrogens is 407 g/mol. The Labute approximate surface area is 175 Å². The number of thiocarbonyl (C=S) groups is 1. The number of nitrogens with zero attached hydrogens (tertiary/aromatic N) is 2. The van der Waals surface area contributed by atoms with E-state index < -0.39 is 0 Å². The summed E-state index contributed by atoms with van der Waals surface area (Å²) in [4.78, 5) is 4.26. The molecule has 0 aliphatic carbocycles. The molecule has 1 unspecified atom stereocenters. The second kappa shape index (κ2) is 8.79. The minimum atomic E-state index is 0.391. The van der Waals surface area contributed by atoms with Crippen molar-refractivity contribution < 1.29 is 0 Å². The van der Waals surface area contributed by atoms with Gasteiger partial charge >= 0.3 is 0 Å². The molecule has 1 aliphatic heterocycles. The third-order valence-electron chi connectivity index (χ3n) is 4.83. The first-order chi connectivity index (χ1) is 12.5. The molecule has 138 valence electrons. The Hall–Kier alpha value is -1.000. The van der Waals surface area contributed by atoms with E-state index in [9.17, 15) is 0 Å². The highest BCUT2D eigenvalue weighted by atomic mass is 35.5. The molecule has 0 aromatic heterocycles. The lowest BCUT2D eigenvalue weighted by molar-refractivity contribution is 0.241. The maximum Gasteiger partial charge on any atom is 0.176 e. The largest absolute Gasteiger partial charge is 0.346 e. The zero-order valence-electron chi connectivity index (χ0n) is 14.6. The van der Waals surface area contributed by atoms with Gasteiger partial charge in [0.25, 0.3) is 0 Å². The summed E-state index contributed by atoms with van der Waals surface area (Å²) in [7, 11) is 1.93. The molecular formula is C20H21Cl3N2S. The number of hydrogen-bond donors (Lipinski definition) is 0. The van der Waals surface area contributed by atoms with Gasteiger partial charge in [0, 0.05) is 19.6 Å². The van der Waals surface area contributed by atoms with Crippen LogP contribution in [0.4, 0.5) is 5.69 Å². The summed E-state index contributed by atoms with van der Waals surface area (Å²) < 4.78 is 0. The molecule has 1 fully saturated rings. The maximum atomic E-state index is 6.38. The van der Waals surface area contributed by atoms with Crippen molar-refractivity contribution in [2.24, 2.45) is 0 Å². The van der Waals surface area contributed by atoms with E-state index in [1.54, 1.807) is 12.1 Å². The predicted molar refractivity (Wildman–Crippen MR) is 117 cm³/mol. The SMILES string of the molecule is CN(C(=S)N1CCCCC1Cc1ccccc1)c1cc(Cl)c(Cl)cc1Cl. The lowest BCUT2D eigenvalue weighted by Gasteiger charge is -2.40. The highest BCUT2D eigenvalue weighted by Gasteiger charge is 2.27. The van der Waals surface area contributed by atoms with Gasteiger partial charge in [-0.1, -0.05) is 65.1 Å². The monoisotopic (exact) mass is 426 g/mol. The average molecular weight is 428 g/mol. The maximum absolute atomic E-state index is 6.38. The van der Waals surface area contributed by atoms with E-state index in [2.05, 4.69) is 29.2 Å². The first-order valence-corrected chi connectivity index (χ1v) is 10.2. The number of piperidine rings is 1. The predicted octanol–water partition coefficient (Wildman–Crippen LogP) is 6.47. The van der Waals surface area contributed by atoms with Crippen molar-refractivity contribution in [3.63, 3.8) is 0 Å². The average Bonchev–Trinajstić information content (AvgIpc) is 2.65. The number of halogens is 3. The van der Waals surface area contributed by atoms with Crippen LogP contribution < -0.4 is 4.90 Å². The summed E-state index contributed by atoms with van der Waals surface area (Å²) >= 11 is 24.4. The van der Waals surface area contributed by atoms with Crippen molar-refractivity contribution in [1.82, 2.24) is 4.90 Å². The van der Waals surface area contributed by atoms with Crippen LogP contribution in [0.1, 0.15) is 24.8 Å². The molecule has 0 radical (unpaired) electrons. The van der Waals surface area contributed by atoms with E-state index in [-0.39, 0.29) is 0 Å². The Bertz CT molecular complexity index is 782. The van der Waals surface area contributed by atoms with Crippen LogP contribution >= 0.6 is 47.0 Å². The van der Waals surface area contributed by atoms with Gasteiger partial charge in [-0.25, -0.2) is 0 Å². The van der Waals surface area contributed by atoms with Gasteiger partial charge in [0.15, 0.2) is 5.11 Å². The summed E-state index contributed by atoms with van der Waals surface area (Å²) in [5.74, 6) is 0. The van der Waals surface area contributed by atoms with E-state index in [0.29, 0.717) is 21.1 Å². The quantitative estimate of drug-likeness (QED) is 0.409. The lowest BCUT2D eigenvalue weighted by Crippen LogP contribution is -2.50. The smallest absolute Gasteiger partial charge is 0.176 e. The van der Waals surface area contributed by atoms with Crippen LogP contribution in [0.15, 0.2) is 42.5 Å². The Balaban J connectivity index is 1.81. The summed E-state index contributed by atoms with van der Waals surface area (Å²) in [6.45, 7) is 0.958. The van der Waals surface area contributed by atoms with E-state index in [4.69, 9.17) is 47.0 Å². The molecule has 0 N–H and O–H groups in total. The molecule has 1 aliphatic rings. The van der Waals surface area contributed by atoms with E-state index >= 15 is 0 Å². The fourth-order valence-corrected chi connectivity index (χ4v) is 4.42. The molecule has 2 aromatic carbocycles. The molecule has 2 aromatic rings. The fraction of sp³-hybridized carbons (Fsp3) is 0.350. The fourth-order valence-electron chi connectivity index (χ4n) is 3.42. The summed E-state index contributed by atoms with van der Waals surface area (Å²) in [5.41, 5.74) is 2.11. The van der Waals surface area contributed by atoms with E-state index in [0.717, 1.165) is 36.6 Å². The van der Waals surface area contributed by atoms with Gasteiger partial charge in [0.1, 0.15) is 0 Å². The highest BCUT2D eigenvalue weighted by Crippen LogP contribution is 2.35. The molecule has 1 heterocycles. The molecule has 1 saturated heterocycles. The van der Waals surface area contributed by atoms with Crippen LogP contribution in [0.25, 0.3) is 0 Å². The topological polar surface area (TPSA) is 6.48 Å². The lowest BCUT2D eigenvalue weighted by atomic mass is 9.96. The molecule has 2 nitrogen and oxygen atoms in total. The van der Waals surface area contributed by atoms with Gasteiger partial charge in [0.2, 0.25) is 0 Å². The second-order valence-electron chi connectivity index (χ2n) is 6.59. The summed E-state index contributed by atoms with van der Waals surface area (Å²) in [6.07, 6.45) is 4.50. The number of anilines is 1. The van der Waals surface area contributed by atoms with Gasteiger partial charge in [-0.3, -0.25) is 0 Å². The van der Waals surface area contributed by atoms with Crippen LogP contribution in [0.3, 0.4) is 0 Å². The normalized spacial score (nSPS) is 17.2. The minimum Gasteiger partial charge on any atom is -0.346 e. The van der Waals surface area contributed by atoms with Gasteiger partial charge in [-0.15, -0.1) is 0 Å². The van der Waals surface area contributed by atoms with E-state index in [1.165, 1.54) is 12.0 Å². The van der Waals surface area contributed by atoms with Crippen molar-refractivity contribution >= 4 is 57.8 Å². The van der Waals surface area contributed by atoms with Crippen molar-refractivity contribution in [3.05, 3.63) is 63.1 Å². The van der Waals surface area contributed by atoms with E-state index in [1.807, 2.05) is 18.0 Å². The number of likely N-dealkylation sites (tertiary alicyclic amines) is 1. The van der Waals surface area contributed by atoms with Crippen LogP contribution in [0.2, 0.25) is 15.1 Å². The highest BCUT2D eigenvalue weighted by molar-refractivity contribution is 7.80. The van der Waals surface area contributed by atoms with Crippen molar-refractivity contribution in [1.29, 1.82) is 0 Å². The van der Waals surface area contributed by atoms with Crippen LogP contribution in [0.5, 0.6) is 0 Å². The van der Waals surface area contributed by atoms with Gasteiger partial charge in [-0.05, 0) is 55.6 Å². The molecule has 1 atom stereocenters. The van der Waals surface area contributed by atoms with Crippen molar-refractivity contribution in [2.45, 2.75) is 31.7 Å². The Morgan fingerprint density at radius 2 is 1.77 bits per heavy atom. The molecule has 0 bridgehead atoms. The van der Waals surface area contributed by atoms with Gasteiger partial charge < -0.3 is 9.80 Å². The first-order valence-electron chi connectivity index (χ1n) is 8.70. The number of hydrogen-bond acceptors (Lipinski definition) is 1. The summed E-state index contributed by atoms with van der Waals surface area (Å²) in [5, 5.41) is 2.23. The molecule has 26 heavy (non-hydrogen) atoms. The Kier molecular flexibility index (Phi) is 6.68. The van der Waals surface area contributed by atoms with Crippen molar-refractivity contribution in [3.8, 4) is 0 Å². The zero-order valence-corrected chi connectivity index (χ0v) is 17.7. The zero-order chi connectivity index (χ0) is 18.7. The standard InChI is InChI=1S/C20H21Cl3N2S/c1-24(19-13-17(22)16(21)12-18(19)23)20(26)25-10-6-5-9-15(25)11-14-7-3-2-4-8-14/h2-4,7-8,12-13,15H,5-6,9-11H2,1H3. The van der Waals surface area contributed by atoms with Gasteiger partial charge in [-0.2, -0.15) is 0 Å². The second-order valence-corrected chi connectivity index (χ2v) is 8.18. The third kappa shape index (κ3) is 4.45. The Morgan fingerprint density at radius 1 is 1.08 bits per heavy atom. The molecule has 3 rings (SSSR count). The van der Waals surface area contributed by atoms with Crippen LogP contribution in [0, 0.1) is 0 Å². The molecule has 0 spiro atoms. The first kappa shape index (κ1) is 19.8. The minimum absolute atomic E-state index is 0.391. The Morgan fingerprint density at radius 3 is 2.50 bits per heavy atom. The van der Waals surface area contributed by atoms with Crippen molar-refractivity contribution in [2.75, 3.05) is 18.5 Å². The molecule has 0 amide bonds. The summed E-state index contributed by atoms with van der Waals surface area (Å²) in [6, 6.07) is 14.4. The number of benzene rings is 2. The van der Waals surface area contributed by atoms with Crippen LogP contribution in [-0.2, 0) is 6.42 Å².